The number of hydrogen-bond acceptors (Lipinski definition) is 4. The summed E-state index contributed by atoms with van der Waals surface area (Å²) in [6.07, 6.45) is 8.50. The van der Waals surface area contributed by atoms with Crippen molar-refractivity contribution in [2.45, 2.75) is 46.0 Å². The highest BCUT2D eigenvalue weighted by atomic mass is 16.5. The standard InChI is InChI=1S/C18H27N5O/c1-15(2)6-4-3-5-11-24-17-9-7-16(8-10-17)12-18(19)22-23-13-20-21-14-23/h7-10,13-15H,3-6,11-12H2,1-2H3,(H2,19,22). The fourth-order valence-corrected chi connectivity index (χ4v) is 2.36. The predicted octanol–water partition coefficient (Wildman–Crippen LogP) is 3.24. The van der Waals surface area contributed by atoms with Crippen molar-refractivity contribution in [3.8, 4) is 5.75 Å². The Hall–Kier alpha value is -2.37. The summed E-state index contributed by atoms with van der Waals surface area (Å²) < 4.78 is 7.27. The molecule has 130 valence electrons. The molecule has 1 aromatic carbocycles. The third kappa shape index (κ3) is 6.81. The Morgan fingerprint density at radius 3 is 2.50 bits per heavy atom. The zero-order valence-electron chi connectivity index (χ0n) is 14.6. The number of aromatic nitrogens is 3. The molecule has 6 nitrogen and oxygen atoms in total. The van der Waals surface area contributed by atoms with Crippen molar-refractivity contribution in [3.05, 3.63) is 42.5 Å². The van der Waals surface area contributed by atoms with Gasteiger partial charge in [-0.3, -0.25) is 0 Å². The van der Waals surface area contributed by atoms with Crippen molar-refractivity contribution >= 4 is 5.84 Å². The molecule has 2 N–H and O–H groups in total. The third-order valence-corrected chi connectivity index (χ3v) is 3.65. The number of unbranched alkanes of at least 4 members (excludes halogenated alkanes) is 2. The van der Waals surface area contributed by atoms with Crippen molar-refractivity contribution in [2.75, 3.05) is 6.61 Å². The topological polar surface area (TPSA) is 78.3 Å². The molecule has 2 aromatic rings. The first-order valence-corrected chi connectivity index (χ1v) is 8.53. The number of nitrogens with zero attached hydrogens (tertiary/aromatic N) is 4. The van der Waals surface area contributed by atoms with Crippen LogP contribution < -0.4 is 10.5 Å². The minimum atomic E-state index is 0.508. The van der Waals surface area contributed by atoms with Gasteiger partial charge >= 0.3 is 0 Å². The number of ether oxygens (including phenoxy) is 1. The van der Waals surface area contributed by atoms with E-state index in [1.165, 1.54) is 36.6 Å². The highest BCUT2D eigenvalue weighted by Gasteiger charge is 2.00. The second kappa shape index (κ2) is 9.70. The molecule has 1 aromatic heterocycles. The molecular formula is C18H27N5O. The molecule has 2 rings (SSSR count). The van der Waals surface area contributed by atoms with Gasteiger partial charge in [-0.1, -0.05) is 45.2 Å². The molecule has 0 atom stereocenters. The van der Waals surface area contributed by atoms with E-state index in [0.717, 1.165) is 30.3 Å². The van der Waals surface area contributed by atoms with Crippen LogP contribution in [0.1, 0.15) is 45.1 Å². The Morgan fingerprint density at radius 1 is 1.12 bits per heavy atom. The molecule has 1 heterocycles. The maximum atomic E-state index is 5.93. The summed E-state index contributed by atoms with van der Waals surface area (Å²) in [5.74, 6) is 2.20. The summed E-state index contributed by atoms with van der Waals surface area (Å²) in [6, 6.07) is 8.00. The average Bonchev–Trinajstić information content (AvgIpc) is 3.05. The molecule has 0 fully saturated rings. The Bertz CT molecular complexity index is 605. The second-order valence-corrected chi connectivity index (χ2v) is 6.35. The molecule has 0 saturated heterocycles. The first-order valence-electron chi connectivity index (χ1n) is 8.53. The van der Waals surface area contributed by atoms with Crippen LogP contribution in [0.4, 0.5) is 0 Å². The Kier molecular flexibility index (Phi) is 7.26. The number of hydrogen-bond donors (Lipinski definition) is 1. The lowest BCUT2D eigenvalue weighted by Crippen LogP contribution is -2.16. The lowest BCUT2D eigenvalue weighted by atomic mass is 10.1. The van der Waals surface area contributed by atoms with E-state index in [0.29, 0.717) is 12.3 Å². The van der Waals surface area contributed by atoms with E-state index >= 15 is 0 Å². The molecule has 0 aliphatic carbocycles. The van der Waals surface area contributed by atoms with Crippen molar-refractivity contribution in [1.29, 1.82) is 0 Å². The van der Waals surface area contributed by atoms with Gasteiger partial charge in [-0.25, -0.2) is 4.68 Å². The van der Waals surface area contributed by atoms with Gasteiger partial charge in [-0.15, -0.1) is 10.2 Å². The summed E-state index contributed by atoms with van der Waals surface area (Å²) in [4.78, 5) is 0. The molecule has 0 bridgehead atoms. The maximum Gasteiger partial charge on any atom is 0.141 e. The second-order valence-electron chi connectivity index (χ2n) is 6.35. The van der Waals surface area contributed by atoms with Crippen molar-refractivity contribution < 1.29 is 4.74 Å². The summed E-state index contributed by atoms with van der Waals surface area (Å²) in [6.45, 7) is 5.30. The molecular weight excluding hydrogens is 302 g/mol. The first kappa shape index (κ1) is 18.0. The zero-order valence-corrected chi connectivity index (χ0v) is 14.6. The molecule has 0 saturated carbocycles. The van der Waals surface area contributed by atoms with Crippen LogP contribution in [-0.4, -0.2) is 27.3 Å². The summed E-state index contributed by atoms with van der Waals surface area (Å²) in [5, 5.41) is 11.5. The smallest absolute Gasteiger partial charge is 0.141 e. The van der Waals surface area contributed by atoms with E-state index in [2.05, 4.69) is 29.1 Å². The van der Waals surface area contributed by atoms with Crippen molar-refractivity contribution in [3.63, 3.8) is 0 Å². The highest BCUT2D eigenvalue weighted by molar-refractivity contribution is 5.82. The maximum absolute atomic E-state index is 5.93. The Balaban J connectivity index is 1.70. The minimum Gasteiger partial charge on any atom is -0.494 e. The van der Waals surface area contributed by atoms with Crippen molar-refractivity contribution in [2.24, 2.45) is 16.8 Å². The van der Waals surface area contributed by atoms with E-state index in [1.807, 2.05) is 24.3 Å². The normalized spacial score (nSPS) is 11.9. The number of amidine groups is 1. The van der Waals surface area contributed by atoms with E-state index < -0.39 is 0 Å². The van der Waals surface area contributed by atoms with Crippen LogP contribution in [0, 0.1) is 5.92 Å². The van der Waals surface area contributed by atoms with E-state index in [4.69, 9.17) is 10.5 Å². The fourth-order valence-electron chi connectivity index (χ4n) is 2.36. The molecule has 0 aliphatic rings. The Morgan fingerprint density at radius 2 is 1.83 bits per heavy atom. The van der Waals surface area contributed by atoms with Gasteiger partial charge in [0, 0.05) is 6.42 Å². The SMILES string of the molecule is CC(C)CCCCCOc1ccc(CC(N)=Nn2cnnc2)cc1. The molecule has 24 heavy (non-hydrogen) atoms. The van der Waals surface area contributed by atoms with Gasteiger partial charge in [-0.05, 0) is 30.0 Å². The molecule has 0 spiro atoms. The van der Waals surface area contributed by atoms with Crippen LogP contribution in [0.25, 0.3) is 0 Å². The van der Waals surface area contributed by atoms with Gasteiger partial charge in [0.1, 0.15) is 24.2 Å². The van der Waals surface area contributed by atoms with E-state index in [-0.39, 0.29) is 0 Å². The third-order valence-electron chi connectivity index (χ3n) is 3.65. The molecule has 0 unspecified atom stereocenters. The largest absolute Gasteiger partial charge is 0.494 e. The summed E-state index contributed by atoms with van der Waals surface area (Å²) in [5.41, 5.74) is 7.02. The van der Waals surface area contributed by atoms with Crippen LogP contribution in [0.2, 0.25) is 0 Å². The van der Waals surface area contributed by atoms with E-state index in [9.17, 15) is 0 Å². The fraction of sp³-hybridized carbons (Fsp3) is 0.500. The summed E-state index contributed by atoms with van der Waals surface area (Å²) in [7, 11) is 0. The zero-order chi connectivity index (χ0) is 17.2. The van der Waals surface area contributed by atoms with E-state index in [1.54, 1.807) is 0 Å². The van der Waals surface area contributed by atoms with Crippen LogP contribution in [0.5, 0.6) is 5.75 Å². The number of benzene rings is 1. The minimum absolute atomic E-state index is 0.508. The lowest BCUT2D eigenvalue weighted by molar-refractivity contribution is 0.303. The monoisotopic (exact) mass is 329 g/mol. The number of rotatable bonds is 10. The van der Waals surface area contributed by atoms with Gasteiger partial charge in [0.05, 0.1) is 6.61 Å². The van der Waals surface area contributed by atoms with Gasteiger partial charge in [0.15, 0.2) is 0 Å². The molecule has 6 heteroatoms. The average molecular weight is 329 g/mol. The van der Waals surface area contributed by atoms with Crippen LogP contribution in [0.3, 0.4) is 0 Å². The van der Waals surface area contributed by atoms with Crippen LogP contribution >= 0.6 is 0 Å². The predicted molar refractivity (Wildman–Crippen MR) is 96.0 cm³/mol. The van der Waals surface area contributed by atoms with Crippen LogP contribution in [-0.2, 0) is 6.42 Å². The summed E-state index contributed by atoms with van der Waals surface area (Å²) >= 11 is 0. The molecule has 0 amide bonds. The van der Waals surface area contributed by atoms with Crippen molar-refractivity contribution in [1.82, 2.24) is 14.9 Å². The van der Waals surface area contributed by atoms with Crippen LogP contribution in [0.15, 0.2) is 42.0 Å². The van der Waals surface area contributed by atoms with Gasteiger partial charge in [0.2, 0.25) is 0 Å². The first-order chi connectivity index (χ1) is 11.6. The lowest BCUT2D eigenvalue weighted by Gasteiger charge is -2.08. The quantitative estimate of drug-likeness (QED) is 0.412. The van der Waals surface area contributed by atoms with Gasteiger partial charge < -0.3 is 10.5 Å². The molecule has 0 radical (unpaired) electrons. The van der Waals surface area contributed by atoms with Gasteiger partial charge in [-0.2, -0.15) is 5.10 Å². The molecule has 0 aliphatic heterocycles. The highest BCUT2D eigenvalue weighted by Crippen LogP contribution is 2.14. The Labute approximate surface area is 143 Å². The van der Waals surface area contributed by atoms with Gasteiger partial charge in [0.25, 0.3) is 0 Å². The number of nitrogens with two attached hydrogens (primary N) is 1.